The fourth-order valence-corrected chi connectivity index (χ4v) is 1.34. The van der Waals surface area contributed by atoms with Gasteiger partial charge >= 0.3 is 0 Å². The molecule has 0 aliphatic carbocycles. The number of rotatable bonds is 4. The molecule has 0 saturated heterocycles. The summed E-state index contributed by atoms with van der Waals surface area (Å²) in [4.78, 5) is 6.78. The molecule has 2 N–H and O–H groups in total. The summed E-state index contributed by atoms with van der Waals surface area (Å²) >= 11 is 4.87. The Hall–Kier alpha value is -1.16. The van der Waals surface area contributed by atoms with Crippen molar-refractivity contribution in [3.63, 3.8) is 0 Å². The van der Waals surface area contributed by atoms with E-state index in [2.05, 4.69) is 16.8 Å². The molecule has 3 nitrogen and oxygen atoms in total. The Balaban J connectivity index is 2.87. The zero-order valence-electron chi connectivity index (χ0n) is 8.53. The Morgan fingerprint density at radius 3 is 2.86 bits per heavy atom. The van der Waals surface area contributed by atoms with Crippen molar-refractivity contribution in [2.24, 2.45) is 5.73 Å². The molecule has 0 aliphatic rings. The first-order chi connectivity index (χ1) is 6.65. The van der Waals surface area contributed by atoms with Gasteiger partial charge in [-0.1, -0.05) is 25.2 Å². The first-order valence-corrected chi connectivity index (χ1v) is 5.04. The lowest BCUT2D eigenvalue weighted by Crippen LogP contribution is -2.20. The van der Waals surface area contributed by atoms with Gasteiger partial charge < -0.3 is 10.6 Å². The van der Waals surface area contributed by atoms with E-state index in [0.717, 1.165) is 18.8 Å². The van der Waals surface area contributed by atoms with Crippen LogP contribution in [0.5, 0.6) is 0 Å². The van der Waals surface area contributed by atoms with Crippen LogP contribution in [-0.2, 0) is 0 Å². The van der Waals surface area contributed by atoms with Gasteiger partial charge in [0.1, 0.15) is 10.8 Å². The summed E-state index contributed by atoms with van der Waals surface area (Å²) in [6, 6.07) is 5.70. The van der Waals surface area contributed by atoms with Gasteiger partial charge in [-0.2, -0.15) is 0 Å². The zero-order valence-corrected chi connectivity index (χ0v) is 9.34. The van der Waals surface area contributed by atoms with Crippen LogP contribution in [0.25, 0.3) is 0 Å². The second kappa shape index (κ2) is 4.91. The molecule has 0 amide bonds. The Kier molecular flexibility index (Phi) is 3.83. The average molecular weight is 209 g/mol. The van der Waals surface area contributed by atoms with Crippen molar-refractivity contribution >= 4 is 23.0 Å². The van der Waals surface area contributed by atoms with E-state index in [9.17, 15) is 0 Å². The number of hydrogen-bond acceptors (Lipinski definition) is 3. The van der Waals surface area contributed by atoms with Crippen molar-refractivity contribution in [3.8, 4) is 0 Å². The quantitative estimate of drug-likeness (QED) is 0.764. The van der Waals surface area contributed by atoms with Gasteiger partial charge in [-0.3, -0.25) is 0 Å². The minimum Gasteiger partial charge on any atom is -0.388 e. The van der Waals surface area contributed by atoms with Crippen LogP contribution in [0.1, 0.15) is 19.0 Å². The Morgan fingerprint density at radius 2 is 2.29 bits per heavy atom. The molecule has 0 fully saturated rings. The third-order valence-corrected chi connectivity index (χ3v) is 2.15. The number of hydrogen-bond donors (Lipinski definition) is 1. The van der Waals surface area contributed by atoms with E-state index >= 15 is 0 Å². The number of nitrogens with two attached hydrogens (primary N) is 1. The first kappa shape index (κ1) is 10.9. The molecule has 1 aromatic heterocycles. The van der Waals surface area contributed by atoms with Crippen LogP contribution in [-0.4, -0.2) is 23.6 Å². The van der Waals surface area contributed by atoms with Crippen LogP contribution < -0.4 is 10.6 Å². The molecule has 0 saturated carbocycles. The highest BCUT2D eigenvalue weighted by Gasteiger charge is 2.03. The lowest BCUT2D eigenvalue weighted by atomic mass is 10.3. The van der Waals surface area contributed by atoms with Crippen LogP contribution in [0.2, 0.25) is 0 Å². The topological polar surface area (TPSA) is 42.1 Å². The van der Waals surface area contributed by atoms with Crippen molar-refractivity contribution in [2.75, 3.05) is 18.5 Å². The SMILES string of the molecule is CCCN(C)c1cccc(C(N)=S)n1. The van der Waals surface area contributed by atoms with E-state index in [0.29, 0.717) is 10.7 Å². The van der Waals surface area contributed by atoms with Crippen molar-refractivity contribution in [2.45, 2.75) is 13.3 Å². The first-order valence-electron chi connectivity index (χ1n) is 4.63. The van der Waals surface area contributed by atoms with E-state index in [4.69, 9.17) is 18.0 Å². The molecule has 1 heterocycles. The predicted molar refractivity (Wildman–Crippen MR) is 63.7 cm³/mol. The molecule has 14 heavy (non-hydrogen) atoms. The normalized spacial score (nSPS) is 9.86. The molecule has 0 aliphatic heterocycles. The highest BCUT2D eigenvalue weighted by Crippen LogP contribution is 2.09. The minimum absolute atomic E-state index is 0.344. The molecular weight excluding hydrogens is 194 g/mol. The molecule has 76 valence electrons. The van der Waals surface area contributed by atoms with Gasteiger partial charge in [-0.05, 0) is 18.6 Å². The van der Waals surface area contributed by atoms with Gasteiger partial charge in [0, 0.05) is 13.6 Å². The molecule has 0 atom stereocenters. The average Bonchev–Trinajstić information content (AvgIpc) is 2.18. The van der Waals surface area contributed by atoms with Crippen LogP contribution in [0.15, 0.2) is 18.2 Å². The van der Waals surface area contributed by atoms with Crippen molar-refractivity contribution in [3.05, 3.63) is 23.9 Å². The van der Waals surface area contributed by atoms with E-state index < -0.39 is 0 Å². The summed E-state index contributed by atoms with van der Waals surface area (Å²) in [6.07, 6.45) is 1.09. The van der Waals surface area contributed by atoms with Gasteiger partial charge in [0.05, 0.1) is 5.69 Å². The predicted octanol–water partition coefficient (Wildman–Crippen LogP) is 1.56. The smallest absolute Gasteiger partial charge is 0.129 e. The summed E-state index contributed by atoms with van der Waals surface area (Å²) in [6.45, 7) is 3.11. The van der Waals surface area contributed by atoms with Crippen LogP contribution in [0.3, 0.4) is 0 Å². The highest BCUT2D eigenvalue weighted by molar-refractivity contribution is 7.80. The van der Waals surface area contributed by atoms with E-state index in [1.807, 2.05) is 25.2 Å². The van der Waals surface area contributed by atoms with Crippen LogP contribution in [0, 0.1) is 0 Å². The number of aromatic nitrogens is 1. The standard InChI is InChI=1S/C10H15N3S/c1-3-7-13(2)9-6-4-5-8(12-9)10(11)14/h4-6H,3,7H2,1-2H3,(H2,11,14). The molecule has 0 unspecified atom stereocenters. The lowest BCUT2D eigenvalue weighted by Gasteiger charge is -2.17. The number of nitrogens with zero attached hydrogens (tertiary/aromatic N) is 2. The van der Waals surface area contributed by atoms with Gasteiger partial charge in [0.25, 0.3) is 0 Å². The van der Waals surface area contributed by atoms with Crippen molar-refractivity contribution < 1.29 is 0 Å². The molecule has 0 aromatic carbocycles. The second-order valence-corrected chi connectivity index (χ2v) is 3.61. The van der Waals surface area contributed by atoms with E-state index in [1.165, 1.54) is 0 Å². The number of thiocarbonyl (C=S) groups is 1. The highest BCUT2D eigenvalue weighted by atomic mass is 32.1. The van der Waals surface area contributed by atoms with Crippen LogP contribution >= 0.6 is 12.2 Å². The number of anilines is 1. The van der Waals surface area contributed by atoms with Gasteiger partial charge in [0.15, 0.2) is 0 Å². The summed E-state index contributed by atoms with van der Waals surface area (Å²) in [5.74, 6) is 0.914. The third kappa shape index (κ3) is 2.67. The zero-order chi connectivity index (χ0) is 10.6. The maximum Gasteiger partial charge on any atom is 0.129 e. The van der Waals surface area contributed by atoms with Gasteiger partial charge in [-0.25, -0.2) is 4.98 Å². The largest absolute Gasteiger partial charge is 0.388 e. The minimum atomic E-state index is 0.344. The number of pyridine rings is 1. The molecule has 1 rings (SSSR count). The molecule has 0 bridgehead atoms. The van der Waals surface area contributed by atoms with E-state index in [1.54, 1.807) is 0 Å². The molecule has 0 spiro atoms. The third-order valence-electron chi connectivity index (χ3n) is 1.94. The molecule has 4 heteroatoms. The Labute approximate surface area is 89.9 Å². The molecule has 1 aromatic rings. The second-order valence-electron chi connectivity index (χ2n) is 3.17. The summed E-state index contributed by atoms with van der Waals surface area (Å²) < 4.78 is 0. The van der Waals surface area contributed by atoms with Gasteiger partial charge in [0.2, 0.25) is 0 Å². The fourth-order valence-electron chi connectivity index (χ4n) is 1.22. The van der Waals surface area contributed by atoms with Crippen molar-refractivity contribution in [1.29, 1.82) is 0 Å². The van der Waals surface area contributed by atoms with Crippen LogP contribution in [0.4, 0.5) is 5.82 Å². The van der Waals surface area contributed by atoms with Gasteiger partial charge in [-0.15, -0.1) is 0 Å². The summed E-state index contributed by atoms with van der Waals surface area (Å²) in [5, 5.41) is 0. The summed E-state index contributed by atoms with van der Waals surface area (Å²) in [7, 11) is 2.01. The van der Waals surface area contributed by atoms with Crippen molar-refractivity contribution in [1.82, 2.24) is 4.98 Å². The monoisotopic (exact) mass is 209 g/mol. The van der Waals surface area contributed by atoms with E-state index in [-0.39, 0.29) is 0 Å². The fraction of sp³-hybridized carbons (Fsp3) is 0.400. The summed E-state index contributed by atoms with van der Waals surface area (Å²) in [5.41, 5.74) is 6.19. The molecule has 0 radical (unpaired) electrons. The maximum atomic E-state index is 5.51. The molecular formula is C10H15N3S. The Morgan fingerprint density at radius 1 is 1.57 bits per heavy atom. The maximum absolute atomic E-state index is 5.51. The Bertz CT molecular complexity index is 325. The lowest BCUT2D eigenvalue weighted by molar-refractivity contribution is 0.837.